The summed E-state index contributed by atoms with van der Waals surface area (Å²) in [4.78, 5) is -0.764. The molecule has 0 N–H and O–H groups in total. The van der Waals surface area contributed by atoms with Crippen molar-refractivity contribution in [2.45, 2.75) is 41.8 Å². The summed E-state index contributed by atoms with van der Waals surface area (Å²) in [5, 5.41) is 0.659. The number of hydrogen-bond acceptors (Lipinski definition) is 0. The molecule has 1 aromatic rings. The molecule has 0 bridgehead atoms. The van der Waals surface area contributed by atoms with Gasteiger partial charge in [-0.25, -0.2) is 0 Å². The Balaban J connectivity index is 2.47. The summed E-state index contributed by atoms with van der Waals surface area (Å²) < 4.78 is -0.939. The topological polar surface area (TPSA) is 0 Å². The Bertz CT molecular complexity index is 427. The van der Waals surface area contributed by atoms with Gasteiger partial charge in [0.1, 0.15) is 9.21 Å². The molecule has 0 heterocycles. The van der Waals surface area contributed by atoms with Crippen LogP contribution in [0.4, 0.5) is 0 Å². The van der Waals surface area contributed by atoms with E-state index in [4.69, 9.17) is 46.4 Å². The molecular formula is C13H14Cl4. The average molecular weight is 312 g/mol. The van der Waals surface area contributed by atoms with Gasteiger partial charge in [-0.3, -0.25) is 0 Å². The Hall–Kier alpha value is 0.380. The molecular weight excluding hydrogens is 298 g/mol. The van der Waals surface area contributed by atoms with E-state index < -0.39 is 9.21 Å². The first-order chi connectivity index (χ1) is 7.90. The van der Waals surface area contributed by atoms with Crippen molar-refractivity contribution >= 4 is 46.4 Å². The molecule has 17 heavy (non-hydrogen) atoms. The monoisotopic (exact) mass is 310 g/mol. The Morgan fingerprint density at radius 2 is 1.88 bits per heavy atom. The minimum absolute atomic E-state index is 0.659. The molecule has 1 aliphatic rings. The highest BCUT2D eigenvalue weighted by molar-refractivity contribution is 6.54. The van der Waals surface area contributed by atoms with Gasteiger partial charge in [-0.2, -0.15) is 0 Å². The number of alkyl halides is 3. The first-order valence-electron chi connectivity index (χ1n) is 5.76. The minimum atomic E-state index is -0.939. The van der Waals surface area contributed by atoms with E-state index >= 15 is 0 Å². The van der Waals surface area contributed by atoms with Crippen molar-refractivity contribution in [1.29, 1.82) is 0 Å². The lowest BCUT2D eigenvalue weighted by atomic mass is 9.94. The van der Waals surface area contributed by atoms with E-state index in [1.165, 1.54) is 5.56 Å². The third-order valence-corrected chi connectivity index (χ3v) is 5.71. The molecule has 0 spiro atoms. The van der Waals surface area contributed by atoms with Crippen LogP contribution in [-0.2, 0) is 11.3 Å². The van der Waals surface area contributed by atoms with Gasteiger partial charge in [0.25, 0.3) is 0 Å². The van der Waals surface area contributed by atoms with Crippen LogP contribution in [0, 0.1) is 0 Å². The highest BCUT2D eigenvalue weighted by atomic mass is 35.5. The van der Waals surface area contributed by atoms with Crippen LogP contribution in [0.2, 0.25) is 5.02 Å². The van der Waals surface area contributed by atoms with Crippen LogP contribution < -0.4 is 0 Å². The van der Waals surface area contributed by atoms with Crippen molar-refractivity contribution in [1.82, 2.24) is 0 Å². The summed E-state index contributed by atoms with van der Waals surface area (Å²) in [6.07, 6.45) is 3.32. The van der Waals surface area contributed by atoms with E-state index in [9.17, 15) is 0 Å². The number of halogens is 4. The van der Waals surface area contributed by atoms with Crippen LogP contribution in [0.25, 0.3) is 0 Å². The molecule has 0 aromatic heterocycles. The molecule has 0 saturated heterocycles. The van der Waals surface area contributed by atoms with Gasteiger partial charge in [-0.05, 0) is 42.9 Å². The summed E-state index contributed by atoms with van der Waals surface area (Å²) in [5.74, 6) is 0. The summed E-state index contributed by atoms with van der Waals surface area (Å²) in [6, 6.07) is 5.94. The third kappa shape index (κ3) is 2.30. The van der Waals surface area contributed by atoms with Gasteiger partial charge in [-0.15, -0.1) is 11.6 Å². The van der Waals surface area contributed by atoms with Gasteiger partial charge in [0, 0.05) is 5.02 Å². The molecule has 94 valence electrons. The van der Waals surface area contributed by atoms with Gasteiger partial charge in [-0.1, -0.05) is 53.9 Å². The fourth-order valence-electron chi connectivity index (χ4n) is 2.37. The van der Waals surface area contributed by atoms with Crippen LogP contribution in [0.15, 0.2) is 18.2 Å². The van der Waals surface area contributed by atoms with Crippen LogP contribution >= 0.6 is 46.4 Å². The van der Waals surface area contributed by atoms with E-state index in [1.54, 1.807) is 0 Å². The fourth-order valence-corrected chi connectivity index (χ4v) is 3.83. The van der Waals surface area contributed by atoms with Crippen molar-refractivity contribution in [3.8, 4) is 0 Å². The standard InChI is InChI=1S/C13H14Cl4/c1-2-9-4-5-10(11(14)8-9)12(15)6-3-7-13(12,16)17/h4-5,8H,2-3,6-7H2,1H3. The zero-order valence-electron chi connectivity index (χ0n) is 9.57. The van der Waals surface area contributed by atoms with Gasteiger partial charge < -0.3 is 0 Å². The molecule has 1 atom stereocenters. The van der Waals surface area contributed by atoms with Crippen LogP contribution in [0.5, 0.6) is 0 Å². The predicted molar refractivity (Wildman–Crippen MR) is 76.6 cm³/mol. The quantitative estimate of drug-likeness (QED) is 0.615. The van der Waals surface area contributed by atoms with Gasteiger partial charge in [0.05, 0.1) is 0 Å². The lowest BCUT2D eigenvalue weighted by Crippen LogP contribution is -2.33. The molecule has 0 aliphatic heterocycles. The largest absolute Gasteiger partial charge is 0.141 e. The van der Waals surface area contributed by atoms with E-state index in [0.29, 0.717) is 11.4 Å². The Kier molecular flexibility index (Phi) is 3.91. The molecule has 0 nitrogen and oxygen atoms in total. The van der Waals surface area contributed by atoms with Crippen molar-refractivity contribution in [3.05, 3.63) is 34.3 Å². The summed E-state index contributed by atoms with van der Waals surface area (Å²) in [7, 11) is 0. The Morgan fingerprint density at radius 3 is 2.35 bits per heavy atom. The van der Waals surface area contributed by atoms with Crippen LogP contribution in [-0.4, -0.2) is 4.33 Å². The third-order valence-electron chi connectivity index (χ3n) is 3.46. The van der Waals surface area contributed by atoms with E-state index in [0.717, 1.165) is 24.8 Å². The zero-order chi connectivity index (χ0) is 12.7. The van der Waals surface area contributed by atoms with Crippen molar-refractivity contribution in [3.63, 3.8) is 0 Å². The lowest BCUT2D eigenvalue weighted by molar-refractivity contribution is 0.604. The second-order valence-corrected chi connectivity index (χ2v) is 7.06. The maximum atomic E-state index is 6.64. The van der Waals surface area contributed by atoms with Crippen molar-refractivity contribution in [2.75, 3.05) is 0 Å². The highest BCUT2D eigenvalue weighted by Crippen LogP contribution is 2.58. The van der Waals surface area contributed by atoms with Crippen LogP contribution in [0.1, 0.15) is 37.3 Å². The molecule has 0 radical (unpaired) electrons. The van der Waals surface area contributed by atoms with Gasteiger partial charge in [0.15, 0.2) is 0 Å². The van der Waals surface area contributed by atoms with Crippen molar-refractivity contribution in [2.24, 2.45) is 0 Å². The molecule has 1 saturated carbocycles. The summed E-state index contributed by atoms with van der Waals surface area (Å²) in [5.41, 5.74) is 2.03. The van der Waals surface area contributed by atoms with Crippen LogP contribution in [0.3, 0.4) is 0 Å². The number of hydrogen-bond donors (Lipinski definition) is 0. The van der Waals surface area contributed by atoms with Crippen molar-refractivity contribution < 1.29 is 0 Å². The number of rotatable bonds is 2. The van der Waals surface area contributed by atoms with Gasteiger partial charge >= 0.3 is 0 Å². The molecule has 1 fully saturated rings. The minimum Gasteiger partial charge on any atom is -0.111 e. The Morgan fingerprint density at radius 1 is 1.18 bits per heavy atom. The normalized spacial score (nSPS) is 27.4. The number of aryl methyl sites for hydroxylation is 1. The summed E-state index contributed by atoms with van der Waals surface area (Å²) in [6.45, 7) is 2.09. The molecule has 4 heteroatoms. The predicted octanol–water partition coefficient (Wildman–Crippen LogP) is 5.69. The molecule has 1 unspecified atom stereocenters. The van der Waals surface area contributed by atoms with E-state index in [2.05, 4.69) is 6.92 Å². The first-order valence-corrected chi connectivity index (χ1v) is 7.27. The smallest absolute Gasteiger partial charge is 0.111 e. The fraction of sp³-hybridized carbons (Fsp3) is 0.538. The first kappa shape index (κ1) is 13.8. The van der Waals surface area contributed by atoms with E-state index in [1.807, 2.05) is 18.2 Å². The van der Waals surface area contributed by atoms with Gasteiger partial charge in [0.2, 0.25) is 0 Å². The second-order valence-electron chi connectivity index (χ2n) is 4.53. The number of benzene rings is 1. The zero-order valence-corrected chi connectivity index (χ0v) is 12.6. The maximum absolute atomic E-state index is 6.64. The molecule has 2 rings (SSSR count). The molecule has 0 amide bonds. The molecule has 1 aromatic carbocycles. The maximum Gasteiger partial charge on any atom is 0.141 e. The average Bonchev–Trinajstić information content (AvgIpc) is 2.54. The Labute approximate surface area is 122 Å². The second kappa shape index (κ2) is 4.81. The lowest BCUT2D eigenvalue weighted by Gasteiger charge is -2.33. The SMILES string of the molecule is CCc1ccc(C2(Cl)CCCC2(Cl)Cl)c(Cl)c1. The molecule has 1 aliphatic carbocycles. The summed E-state index contributed by atoms with van der Waals surface area (Å²) >= 11 is 25.6. The highest BCUT2D eigenvalue weighted by Gasteiger charge is 2.53. The van der Waals surface area contributed by atoms with E-state index in [-0.39, 0.29) is 0 Å².